The highest BCUT2D eigenvalue weighted by atomic mass is 35.5. The first-order valence-corrected chi connectivity index (χ1v) is 6.18. The number of hydrogen-bond acceptors (Lipinski definition) is 2. The Morgan fingerprint density at radius 1 is 1.00 bits per heavy atom. The van der Waals surface area contributed by atoms with E-state index in [4.69, 9.17) is 40.5 Å². The fourth-order valence-electron chi connectivity index (χ4n) is 1.59. The minimum Gasteiger partial charge on any atom is -0.398 e. The van der Waals surface area contributed by atoms with Crippen molar-refractivity contribution in [1.29, 1.82) is 0 Å². The molecule has 0 bridgehead atoms. The zero-order chi connectivity index (χ0) is 13.3. The zero-order valence-electron chi connectivity index (χ0n) is 9.08. The van der Waals surface area contributed by atoms with Crippen molar-refractivity contribution in [2.24, 2.45) is 0 Å². The van der Waals surface area contributed by atoms with Crippen LogP contribution in [0.5, 0.6) is 0 Å². The molecule has 0 amide bonds. The van der Waals surface area contributed by atoms with Gasteiger partial charge >= 0.3 is 0 Å². The molecule has 2 aromatic carbocycles. The molecule has 18 heavy (non-hydrogen) atoms. The number of anilines is 1. The van der Waals surface area contributed by atoms with Crippen LogP contribution < -0.4 is 5.73 Å². The molecule has 2 nitrogen and oxygen atoms in total. The van der Waals surface area contributed by atoms with Gasteiger partial charge in [-0.25, -0.2) is 0 Å². The summed E-state index contributed by atoms with van der Waals surface area (Å²) < 4.78 is 0. The van der Waals surface area contributed by atoms with Crippen molar-refractivity contribution in [3.63, 3.8) is 0 Å². The zero-order valence-corrected chi connectivity index (χ0v) is 11.4. The number of carbonyl (C=O) groups is 1. The summed E-state index contributed by atoms with van der Waals surface area (Å²) in [4.78, 5) is 12.4. The van der Waals surface area contributed by atoms with Crippen LogP contribution in [0.1, 0.15) is 15.9 Å². The molecular formula is C13H8Cl3NO. The van der Waals surface area contributed by atoms with Crippen LogP contribution in [0.4, 0.5) is 5.69 Å². The summed E-state index contributed by atoms with van der Waals surface area (Å²) in [6, 6.07) is 9.55. The lowest BCUT2D eigenvalue weighted by Gasteiger charge is -2.08. The van der Waals surface area contributed by atoms with Gasteiger partial charge in [-0.3, -0.25) is 4.79 Å². The van der Waals surface area contributed by atoms with E-state index in [1.165, 1.54) is 6.07 Å². The number of halogens is 3. The van der Waals surface area contributed by atoms with Crippen LogP contribution in [0, 0.1) is 0 Å². The van der Waals surface area contributed by atoms with Gasteiger partial charge in [0.25, 0.3) is 0 Å². The molecule has 2 rings (SSSR count). The maximum absolute atomic E-state index is 12.4. The molecule has 2 aromatic rings. The van der Waals surface area contributed by atoms with Crippen LogP contribution in [0.3, 0.4) is 0 Å². The molecule has 0 aliphatic carbocycles. The summed E-state index contributed by atoms with van der Waals surface area (Å²) in [5, 5.41) is 1.02. The summed E-state index contributed by atoms with van der Waals surface area (Å²) in [5.74, 6) is -0.342. The number of carbonyl (C=O) groups excluding carboxylic acids is 1. The number of ketones is 1. The molecule has 0 radical (unpaired) electrons. The van der Waals surface area contributed by atoms with Crippen molar-refractivity contribution in [2.75, 3.05) is 5.73 Å². The normalized spacial score (nSPS) is 10.4. The predicted molar refractivity (Wildman–Crippen MR) is 75.8 cm³/mol. The van der Waals surface area contributed by atoms with E-state index in [0.29, 0.717) is 15.7 Å². The first-order chi connectivity index (χ1) is 8.50. The molecule has 0 aromatic heterocycles. The van der Waals surface area contributed by atoms with E-state index in [-0.39, 0.29) is 21.9 Å². The molecule has 0 atom stereocenters. The monoisotopic (exact) mass is 299 g/mol. The molecule has 2 N–H and O–H groups in total. The van der Waals surface area contributed by atoms with E-state index in [9.17, 15) is 4.79 Å². The van der Waals surface area contributed by atoms with Crippen molar-refractivity contribution in [1.82, 2.24) is 0 Å². The molecule has 0 aliphatic rings. The topological polar surface area (TPSA) is 43.1 Å². The lowest BCUT2D eigenvalue weighted by Crippen LogP contribution is -2.07. The van der Waals surface area contributed by atoms with E-state index in [1.807, 2.05) is 0 Å². The summed E-state index contributed by atoms with van der Waals surface area (Å²) >= 11 is 17.8. The largest absolute Gasteiger partial charge is 0.398 e. The van der Waals surface area contributed by atoms with Crippen molar-refractivity contribution >= 4 is 46.3 Å². The van der Waals surface area contributed by atoms with Crippen molar-refractivity contribution in [3.8, 4) is 0 Å². The molecule has 92 valence electrons. The van der Waals surface area contributed by atoms with E-state index in [0.717, 1.165) is 0 Å². The van der Waals surface area contributed by atoms with E-state index < -0.39 is 0 Å². The average Bonchev–Trinajstić information content (AvgIpc) is 2.32. The number of rotatable bonds is 2. The third-order valence-electron chi connectivity index (χ3n) is 2.45. The minimum atomic E-state index is -0.342. The minimum absolute atomic E-state index is 0.239. The third-order valence-corrected chi connectivity index (χ3v) is 3.33. The lowest BCUT2D eigenvalue weighted by molar-refractivity contribution is 0.104. The Labute approximate surface area is 119 Å². The standard InChI is InChI=1S/C13H8Cl3NO/c14-7-4-5-9(15)8(6-7)13(18)12-10(16)2-1-3-11(12)17/h1-6H,17H2. The number of nitrogen functional groups attached to an aromatic ring is 1. The van der Waals surface area contributed by atoms with Gasteiger partial charge in [0.15, 0.2) is 5.78 Å². The van der Waals surface area contributed by atoms with Gasteiger partial charge < -0.3 is 5.73 Å². The summed E-state index contributed by atoms with van der Waals surface area (Å²) in [6.07, 6.45) is 0. The van der Waals surface area contributed by atoms with Crippen LogP contribution in [0.2, 0.25) is 15.1 Å². The number of benzene rings is 2. The predicted octanol–water partition coefficient (Wildman–Crippen LogP) is 4.46. The fraction of sp³-hybridized carbons (Fsp3) is 0. The van der Waals surface area contributed by atoms with Gasteiger partial charge in [0.05, 0.1) is 15.6 Å². The first kappa shape index (κ1) is 13.2. The van der Waals surface area contributed by atoms with E-state index in [2.05, 4.69) is 0 Å². The van der Waals surface area contributed by atoms with Crippen LogP contribution in [0.15, 0.2) is 36.4 Å². The summed E-state index contributed by atoms with van der Waals surface area (Å²) in [6.45, 7) is 0. The lowest BCUT2D eigenvalue weighted by atomic mass is 10.0. The second-order valence-corrected chi connectivity index (χ2v) is 4.91. The molecule has 0 saturated carbocycles. The molecule has 5 heteroatoms. The Hall–Kier alpha value is -1.22. The molecule has 0 fully saturated rings. The quantitative estimate of drug-likeness (QED) is 0.657. The van der Waals surface area contributed by atoms with Gasteiger partial charge in [0, 0.05) is 16.3 Å². The molecule has 0 spiro atoms. The highest BCUT2D eigenvalue weighted by Crippen LogP contribution is 2.29. The summed E-state index contributed by atoms with van der Waals surface area (Å²) in [7, 11) is 0. The highest BCUT2D eigenvalue weighted by molar-refractivity contribution is 6.39. The molecule has 0 unspecified atom stereocenters. The van der Waals surface area contributed by atoms with Gasteiger partial charge in [-0.15, -0.1) is 0 Å². The van der Waals surface area contributed by atoms with Gasteiger partial charge in [-0.05, 0) is 30.3 Å². The third kappa shape index (κ3) is 2.46. The molecule has 0 aliphatic heterocycles. The Bertz CT molecular complexity index is 605. The number of nitrogens with two attached hydrogens (primary N) is 1. The smallest absolute Gasteiger partial charge is 0.198 e. The van der Waals surface area contributed by atoms with Gasteiger partial charge in [0.2, 0.25) is 0 Å². The van der Waals surface area contributed by atoms with Crippen molar-refractivity contribution < 1.29 is 4.79 Å². The van der Waals surface area contributed by atoms with E-state index >= 15 is 0 Å². The molecule has 0 saturated heterocycles. The van der Waals surface area contributed by atoms with Crippen molar-refractivity contribution in [3.05, 3.63) is 62.6 Å². The van der Waals surface area contributed by atoms with Crippen LogP contribution >= 0.6 is 34.8 Å². The SMILES string of the molecule is Nc1cccc(Cl)c1C(=O)c1cc(Cl)ccc1Cl. The highest BCUT2D eigenvalue weighted by Gasteiger charge is 2.18. The maximum Gasteiger partial charge on any atom is 0.198 e. The summed E-state index contributed by atoms with van der Waals surface area (Å²) in [5.41, 5.74) is 6.60. The Morgan fingerprint density at radius 2 is 1.72 bits per heavy atom. The van der Waals surface area contributed by atoms with E-state index in [1.54, 1.807) is 30.3 Å². The number of hydrogen-bond donors (Lipinski definition) is 1. The molecule has 0 heterocycles. The van der Waals surface area contributed by atoms with Crippen LogP contribution in [0.25, 0.3) is 0 Å². The second kappa shape index (κ2) is 5.19. The van der Waals surface area contributed by atoms with Gasteiger partial charge in [-0.2, -0.15) is 0 Å². The Balaban J connectivity index is 2.58. The Morgan fingerprint density at radius 3 is 2.39 bits per heavy atom. The van der Waals surface area contributed by atoms with Crippen molar-refractivity contribution in [2.45, 2.75) is 0 Å². The maximum atomic E-state index is 12.4. The Kier molecular flexibility index (Phi) is 3.81. The first-order valence-electron chi connectivity index (χ1n) is 5.04. The van der Waals surface area contributed by atoms with Crippen LogP contribution in [-0.2, 0) is 0 Å². The van der Waals surface area contributed by atoms with Crippen LogP contribution in [-0.4, -0.2) is 5.78 Å². The fourth-order valence-corrected chi connectivity index (χ4v) is 2.23. The van der Waals surface area contributed by atoms with Gasteiger partial charge in [0.1, 0.15) is 0 Å². The second-order valence-electron chi connectivity index (χ2n) is 3.66. The van der Waals surface area contributed by atoms with Gasteiger partial charge in [-0.1, -0.05) is 40.9 Å². The molecular weight excluding hydrogens is 293 g/mol. The average molecular weight is 301 g/mol.